The molecule has 0 saturated heterocycles. The van der Waals surface area contributed by atoms with E-state index in [0.29, 0.717) is 18.0 Å². The minimum Gasteiger partial charge on any atom is -0.484 e. The van der Waals surface area contributed by atoms with Gasteiger partial charge in [-0.05, 0) is 55.0 Å². The molecule has 0 aliphatic carbocycles. The molecule has 132 valence electrons. The summed E-state index contributed by atoms with van der Waals surface area (Å²) in [5, 5.41) is 0. The first-order valence-electron chi connectivity index (χ1n) is 8.26. The highest BCUT2D eigenvalue weighted by Crippen LogP contribution is 2.19. The van der Waals surface area contributed by atoms with Gasteiger partial charge in [-0.15, -0.1) is 0 Å². The topological polar surface area (TPSA) is 42.4 Å². The van der Waals surface area contributed by atoms with E-state index in [1.807, 2.05) is 43.3 Å². The van der Waals surface area contributed by atoms with E-state index < -0.39 is 0 Å². The summed E-state index contributed by atoms with van der Waals surface area (Å²) < 4.78 is 18.8. The smallest absolute Gasteiger partial charge is 0.265 e. The van der Waals surface area contributed by atoms with Crippen molar-refractivity contribution < 1.29 is 13.9 Å². The van der Waals surface area contributed by atoms with Crippen molar-refractivity contribution in [1.82, 2.24) is 4.98 Å². The Kier molecular flexibility index (Phi) is 5.59. The van der Waals surface area contributed by atoms with Gasteiger partial charge >= 0.3 is 0 Å². The van der Waals surface area contributed by atoms with Crippen LogP contribution in [-0.2, 0) is 11.3 Å². The van der Waals surface area contributed by atoms with Crippen molar-refractivity contribution in [1.29, 1.82) is 0 Å². The molecule has 0 aliphatic rings. The number of anilines is 1. The molecule has 0 N–H and O–H groups in total. The number of carbonyl (C=O) groups excluding carboxylic acids is 1. The lowest BCUT2D eigenvalue weighted by Gasteiger charge is -2.23. The van der Waals surface area contributed by atoms with Gasteiger partial charge in [0.2, 0.25) is 0 Å². The van der Waals surface area contributed by atoms with Crippen LogP contribution in [0.25, 0.3) is 0 Å². The van der Waals surface area contributed by atoms with Gasteiger partial charge in [0.15, 0.2) is 6.61 Å². The van der Waals surface area contributed by atoms with Gasteiger partial charge in [0.05, 0.1) is 6.54 Å². The molecule has 1 amide bonds. The molecule has 0 bridgehead atoms. The zero-order valence-corrected chi connectivity index (χ0v) is 14.4. The number of nitrogens with zero attached hydrogens (tertiary/aromatic N) is 2. The van der Waals surface area contributed by atoms with Crippen LogP contribution in [0.3, 0.4) is 0 Å². The van der Waals surface area contributed by atoms with Crippen LogP contribution in [0.5, 0.6) is 5.75 Å². The summed E-state index contributed by atoms with van der Waals surface area (Å²) in [5.74, 6) is 0.0591. The van der Waals surface area contributed by atoms with Gasteiger partial charge in [-0.3, -0.25) is 9.78 Å². The zero-order valence-electron chi connectivity index (χ0n) is 14.4. The summed E-state index contributed by atoms with van der Waals surface area (Å²) in [6.45, 7) is 2.20. The molecule has 4 nitrogen and oxygen atoms in total. The highest BCUT2D eigenvalue weighted by atomic mass is 19.1. The molecule has 0 aliphatic heterocycles. The molecule has 0 radical (unpaired) electrons. The molecule has 1 heterocycles. The lowest BCUT2D eigenvalue weighted by molar-refractivity contribution is -0.120. The van der Waals surface area contributed by atoms with E-state index >= 15 is 0 Å². The monoisotopic (exact) mass is 350 g/mol. The van der Waals surface area contributed by atoms with Crippen molar-refractivity contribution in [3.05, 3.63) is 90.0 Å². The number of carbonyl (C=O) groups is 1. The standard InChI is InChI=1S/C21H19FN2O2/c1-16-4-10-20(11-5-16)26-15-21(25)24(14-17-3-2-12-23-13-17)19-8-6-18(22)7-9-19/h2-13H,14-15H2,1H3. The van der Waals surface area contributed by atoms with Gasteiger partial charge in [-0.1, -0.05) is 23.8 Å². The number of hydrogen-bond acceptors (Lipinski definition) is 3. The van der Waals surface area contributed by atoms with Crippen molar-refractivity contribution in [2.75, 3.05) is 11.5 Å². The average molecular weight is 350 g/mol. The van der Waals surface area contributed by atoms with Crippen LogP contribution in [0.4, 0.5) is 10.1 Å². The molecule has 2 aromatic carbocycles. The van der Waals surface area contributed by atoms with Crippen molar-refractivity contribution in [3.63, 3.8) is 0 Å². The molecule has 0 unspecified atom stereocenters. The molecule has 5 heteroatoms. The molecule has 1 aromatic heterocycles. The SMILES string of the molecule is Cc1ccc(OCC(=O)N(Cc2cccnc2)c2ccc(F)cc2)cc1. The van der Waals surface area contributed by atoms with E-state index in [9.17, 15) is 9.18 Å². The van der Waals surface area contributed by atoms with E-state index in [0.717, 1.165) is 11.1 Å². The number of rotatable bonds is 6. The zero-order chi connectivity index (χ0) is 18.4. The minimum atomic E-state index is -0.349. The second-order valence-corrected chi connectivity index (χ2v) is 5.92. The van der Waals surface area contributed by atoms with Gasteiger partial charge in [0, 0.05) is 18.1 Å². The van der Waals surface area contributed by atoms with E-state index in [1.54, 1.807) is 29.4 Å². The molecule has 3 aromatic rings. The molecular formula is C21H19FN2O2. The summed E-state index contributed by atoms with van der Waals surface area (Å²) in [6, 6.07) is 17.0. The van der Waals surface area contributed by atoms with Crippen LogP contribution >= 0.6 is 0 Å². The highest BCUT2D eigenvalue weighted by molar-refractivity contribution is 5.94. The van der Waals surface area contributed by atoms with Crippen molar-refractivity contribution >= 4 is 11.6 Å². The second kappa shape index (κ2) is 8.25. The minimum absolute atomic E-state index is 0.110. The normalized spacial score (nSPS) is 10.4. The number of aryl methyl sites for hydroxylation is 1. The molecule has 0 spiro atoms. The van der Waals surface area contributed by atoms with Gasteiger partial charge < -0.3 is 9.64 Å². The van der Waals surface area contributed by atoms with Crippen LogP contribution in [0.15, 0.2) is 73.1 Å². The fraction of sp³-hybridized carbons (Fsp3) is 0.143. The lowest BCUT2D eigenvalue weighted by Crippen LogP contribution is -2.34. The first-order chi connectivity index (χ1) is 12.6. The fourth-order valence-corrected chi connectivity index (χ4v) is 2.48. The summed E-state index contributed by atoms with van der Waals surface area (Å²) in [5.41, 5.74) is 2.60. The van der Waals surface area contributed by atoms with Crippen LogP contribution in [0.1, 0.15) is 11.1 Å². The van der Waals surface area contributed by atoms with Gasteiger partial charge in [-0.2, -0.15) is 0 Å². The first kappa shape index (κ1) is 17.6. The Balaban J connectivity index is 1.76. The maximum atomic E-state index is 13.2. The molecule has 0 fully saturated rings. The Bertz CT molecular complexity index is 849. The van der Waals surface area contributed by atoms with E-state index in [2.05, 4.69) is 4.98 Å². The average Bonchev–Trinajstić information content (AvgIpc) is 2.67. The summed E-state index contributed by atoms with van der Waals surface area (Å²) in [7, 11) is 0. The number of amides is 1. The summed E-state index contributed by atoms with van der Waals surface area (Å²) in [4.78, 5) is 18.4. The Morgan fingerprint density at radius 3 is 2.46 bits per heavy atom. The van der Waals surface area contributed by atoms with Gasteiger partial charge in [-0.25, -0.2) is 4.39 Å². The van der Waals surface area contributed by atoms with Crippen LogP contribution in [-0.4, -0.2) is 17.5 Å². The number of aromatic nitrogens is 1. The molecular weight excluding hydrogens is 331 g/mol. The largest absolute Gasteiger partial charge is 0.484 e. The van der Waals surface area contributed by atoms with Crippen LogP contribution in [0.2, 0.25) is 0 Å². The highest BCUT2D eigenvalue weighted by Gasteiger charge is 2.17. The van der Waals surface area contributed by atoms with Crippen LogP contribution in [0, 0.1) is 12.7 Å². The van der Waals surface area contributed by atoms with Gasteiger partial charge in [0.25, 0.3) is 5.91 Å². The second-order valence-electron chi connectivity index (χ2n) is 5.92. The Morgan fingerprint density at radius 2 is 1.81 bits per heavy atom. The number of hydrogen-bond donors (Lipinski definition) is 0. The number of pyridine rings is 1. The maximum absolute atomic E-state index is 13.2. The predicted octanol–water partition coefficient (Wildman–Crippen LogP) is 4.14. The Labute approximate surface area is 151 Å². The lowest BCUT2D eigenvalue weighted by atomic mass is 10.2. The molecule has 0 atom stereocenters. The van der Waals surface area contributed by atoms with Crippen molar-refractivity contribution in [2.45, 2.75) is 13.5 Å². The van der Waals surface area contributed by atoms with Crippen LogP contribution < -0.4 is 9.64 Å². The number of benzene rings is 2. The molecule has 3 rings (SSSR count). The quantitative estimate of drug-likeness (QED) is 0.671. The van der Waals surface area contributed by atoms with Crippen molar-refractivity contribution in [2.24, 2.45) is 0 Å². The first-order valence-corrected chi connectivity index (χ1v) is 8.26. The summed E-state index contributed by atoms with van der Waals surface area (Å²) in [6.07, 6.45) is 3.37. The summed E-state index contributed by atoms with van der Waals surface area (Å²) >= 11 is 0. The van der Waals surface area contributed by atoms with Gasteiger partial charge in [0.1, 0.15) is 11.6 Å². The predicted molar refractivity (Wildman–Crippen MR) is 98.5 cm³/mol. The number of ether oxygens (including phenoxy) is 1. The van der Waals surface area contributed by atoms with E-state index in [-0.39, 0.29) is 18.3 Å². The van der Waals surface area contributed by atoms with E-state index in [1.165, 1.54) is 12.1 Å². The Morgan fingerprint density at radius 1 is 1.08 bits per heavy atom. The maximum Gasteiger partial charge on any atom is 0.265 e. The third-order valence-corrected chi connectivity index (χ3v) is 3.89. The number of halogens is 1. The third kappa shape index (κ3) is 4.66. The molecule has 26 heavy (non-hydrogen) atoms. The molecule has 0 saturated carbocycles. The fourth-order valence-electron chi connectivity index (χ4n) is 2.48. The van der Waals surface area contributed by atoms with E-state index in [4.69, 9.17) is 4.74 Å². The van der Waals surface area contributed by atoms with Crippen molar-refractivity contribution in [3.8, 4) is 5.75 Å². The third-order valence-electron chi connectivity index (χ3n) is 3.89. The Hall–Kier alpha value is -3.21.